The van der Waals surface area contributed by atoms with E-state index in [0.29, 0.717) is 5.54 Å². The van der Waals surface area contributed by atoms with E-state index in [-0.39, 0.29) is 0 Å². The third-order valence-corrected chi connectivity index (χ3v) is 3.57. The molecule has 2 unspecified atom stereocenters. The summed E-state index contributed by atoms with van der Waals surface area (Å²) in [6.45, 7) is 0. The van der Waals surface area contributed by atoms with Gasteiger partial charge in [-0.1, -0.05) is 0 Å². The van der Waals surface area contributed by atoms with Crippen molar-refractivity contribution in [3.63, 3.8) is 0 Å². The van der Waals surface area contributed by atoms with Gasteiger partial charge < -0.3 is 5.73 Å². The van der Waals surface area contributed by atoms with Crippen LogP contribution in [0.1, 0.15) is 19.3 Å². The largest absolute Gasteiger partial charge is 0.325 e. The molecule has 0 amide bonds. The molecule has 0 aromatic carbocycles. The van der Waals surface area contributed by atoms with Gasteiger partial charge in [-0.2, -0.15) is 0 Å². The molecular weight excluding hydrogens is 98.1 g/mol. The van der Waals surface area contributed by atoms with Crippen LogP contribution in [0.15, 0.2) is 0 Å². The summed E-state index contributed by atoms with van der Waals surface area (Å²) < 4.78 is 0. The first-order valence-corrected chi connectivity index (χ1v) is 3.59. The molecule has 4 aliphatic carbocycles. The van der Waals surface area contributed by atoms with Crippen LogP contribution in [0, 0.1) is 17.8 Å². The van der Waals surface area contributed by atoms with Crippen LogP contribution in [-0.4, -0.2) is 5.54 Å². The quantitative estimate of drug-likeness (QED) is 0.488. The minimum Gasteiger partial charge on any atom is -0.325 e. The predicted molar refractivity (Wildman–Crippen MR) is 31.2 cm³/mol. The Kier molecular flexibility index (Phi) is 0.372. The maximum absolute atomic E-state index is 6.04. The van der Waals surface area contributed by atoms with Crippen molar-refractivity contribution in [3.8, 4) is 0 Å². The van der Waals surface area contributed by atoms with Crippen molar-refractivity contribution in [2.45, 2.75) is 24.8 Å². The van der Waals surface area contributed by atoms with E-state index in [9.17, 15) is 0 Å². The molecular formula is C7H11N. The minimum absolute atomic E-state index is 0.394. The summed E-state index contributed by atoms with van der Waals surface area (Å²) in [4.78, 5) is 0. The highest BCUT2D eigenvalue weighted by molar-refractivity contribution is 5.27. The molecule has 2 N–H and O–H groups in total. The lowest BCUT2D eigenvalue weighted by Crippen LogP contribution is -2.21. The van der Waals surface area contributed by atoms with Gasteiger partial charge in [0, 0.05) is 5.54 Å². The molecule has 4 fully saturated rings. The van der Waals surface area contributed by atoms with Gasteiger partial charge in [0.15, 0.2) is 0 Å². The zero-order valence-corrected chi connectivity index (χ0v) is 4.93. The van der Waals surface area contributed by atoms with Crippen LogP contribution >= 0.6 is 0 Å². The number of hydrogen-bond donors (Lipinski definition) is 1. The van der Waals surface area contributed by atoms with Gasteiger partial charge in [-0.05, 0) is 37.0 Å². The van der Waals surface area contributed by atoms with Crippen LogP contribution in [0.25, 0.3) is 0 Å². The van der Waals surface area contributed by atoms with E-state index in [2.05, 4.69) is 0 Å². The lowest BCUT2D eigenvalue weighted by molar-refractivity contribution is 0.594. The lowest BCUT2D eigenvalue weighted by Gasteiger charge is -1.97. The maximum atomic E-state index is 6.04. The Balaban J connectivity index is 2.16. The van der Waals surface area contributed by atoms with Crippen LogP contribution < -0.4 is 5.73 Å². The van der Waals surface area contributed by atoms with Crippen molar-refractivity contribution in [3.05, 3.63) is 0 Å². The molecule has 0 saturated heterocycles. The van der Waals surface area contributed by atoms with E-state index in [1.165, 1.54) is 19.3 Å². The summed E-state index contributed by atoms with van der Waals surface area (Å²) in [5.74, 6) is 3.01. The van der Waals surface area contributed by atoms with E-state index in [0.717, 1.165) is 17.8 Å². The molecule has 0 heterocycles. The zero-order valence-electron chi connectivity index (χ0n) is 4.93. The van der Waals surface area contributed by atoms with E-state index in [1.807, 2.05) is 0 Å². The monoisotopic (exact) mass is 109 g/mol. The second kappa shape index (κ2) is 0.766. The minimum atomic E-state index is 0.394. The summed E-state index contributed by atoms with van der Waals surface area (Å²) in [5, 5.41) is 0. The third-order valence-electron chi connectivity index (χ3n) is 3.57. The molecule has 0 spiro atoms. The zero-order chi connectivity index (χ0) is 5.35. The average molecular weight is 109 g/mol. The molecule has 0 aromatic heterocycles. The molecule has 1 heteroatoms. The van der Waals surface area contributed by atoms with Gasteiger partial charge in [-0.15, -0.1) is 0 Å². The van der Waals surface area contributed by atoms with Crippen molar-refractivity contribution < 1.29 is 0 Å². The molecule has 0 aliphatic heterocycles. The molecule has 4 saturated carbocycles. The molecule has 8 heavy (non-hydrogen) atoms. The Bertz CT molecular complexity index is 140. The molecule has 4 bridgehead atoms. The maximum Gasteiger partial charge on any atom is 0.0221 e. The molecule has 44 valence electrons. The molecule has 0 aromatic rings. The van der Waals surface area contributed by atoms with Gasteiger partial charge in [-0.3, -0.25) is 0 Å². The number of rotatable bonds is 0. The highest BCUT2D eigenvalue weighted by Crippen LogP contribution is 2.71. The predicted octanol–water partition coefficient (Wildman–Crippen LogP) is 0.744. The molecule has 4 aliphatic rings. The van der Waals surface area contributed by atoms with Crippen LogP contribution in [0.2, 0.25) is 0 Å². The summed E-state index contributed by atoms with van der Waals surface area (Å²) in [5.41, 5.74) is 6.43. The van der Waals surface area contributed by atoms with Gasteiger partial charge in [-0.25, -0.2) is 0 Å². The van der Waals surface area contributed by atoms with Gasteiger partial charge in [0.1, 0.15) is 0 Å². The van der Waals surface area contributed by atoms with Gasteiger partial charge in [0.05, 0.1) is 0 Å². The average Bonchev–Trinajstić information content (AvgIpc) is 2.11. The summed E-state index contributed by atoms with van der Waals surface area (Å²) in [6, 6.07) is 0. The SMILES string of the molecule is NC12CC3CC1C2C3. The van der Waals surface area contributed by atoms with Crippen LogP contribution in [0.4, 0.5) is 0 Å². The first kappa shape index (κ1) is 3.89. The summed E-state index contributed by atoms with van der Waals surface area (Å²) >= 11 is 0. The van der Waals surface area contributed by atoms with Crippen molar-refractivity contribution in [1.29, 1.82) is 0 Å². The van der Waals surface area contributed by atoms with Crippen LogP contribution in [0.3, 0.4) is 0 Å². The van der Waals surface area contributed by atoms with Crippen molar-refractivity contribution in [2.24, 2.45) is 23.5 Å². The van der Waals surface area contributed by atoms with Crippen LogP contribution in [-0.2, 0) is 0 Å². The lowest BCUT2D eigenvalue weighted by atomic mass is 10.1. The van der Waals surface area contributed by atoms with E-state index in [1.54, 1.807) is 0 Å². The second-order valence-corrected chi connectivity index (χ2v) is 3.87. The summed E-state index contributed by atoms with van der Waals surface area (Å²) in [7, 11) is 0. The van der Waals surface area contributed by atoms with Crippen LogP contribution in [0.5, 0.6) is 0 Å². The Morgan fingerprint density at radius 3 is 2.00 bits per heavy atom. The van der Waals surface area contributed by atoms with E-state index < -0.39 is 0 Å². The fourth-order valence-electron chi connectivity index (χ4n) is 3.18. The second-order valence-electron chi connectivity index (χ2n) is 3.87. The van der Waals surface area contributed by atoms with E-state index in [4.69, 9.17) is 5.73 Å². The smallest absolute Gasteiger partial charge is 0.0221 e. The van der Waals surface area contributed by atoms with E-state index >= 15 is 0 Å². The fourth-order valence-corrected chi connectivity index (χ4v) is 3.18. The molecule has 4 rings (SSSR count). The highest BCUT2D eigenvalue weighted by Gasteiger charge is 2.72. The fraction of sp³-hybridized carbons (Fsp3) is 1.00. The Hall–Kier alpha value is -0.0400. The van der Waals surface area contributed by atoms with Crippen molar-refractivity contribution in [2.75, 3.05) is 0 Å². The summed E-state index contributed by atoms with van der Waals surface area (Å²) in [6.07, 6.45) is 4.31. The van der Waals surface area contributed by atoms with Crippen molar-refractivity contribution in [1.82, 2.24) is 0 Å². The first-order chi connectivity index (χ1) is 3.81. The Morgan fingerprint density at radius 2 is 1.88 bits per heavy atom. The van der Waals surface area contributed by atoms with Gasteiger partial charge >= 0.3 is 0 Å². The third kappa shape index (κ3) is 0.202. The van der Waals surface area contributed by atoms with Gasteiger partial charge in [0.2, 0.25) is 0 Å². The Labute approximate surface area is 49.3 Å². The van der Waals surface area contributed by atoms with Crippen molar-refractivity contribution >= 4 is 0 Å². The number of nitrogens with two attached hydrogens (primary N) is 1. The molecule has 2 atom stereocenters. The molecule has 1 nitrogen and oxygen atoms in total. The van der Waals surface area contributed by atoms with Gasteiger partial charge in [0.25, 0.3) is 0 Å². The number of hydrogen-bond acceptors (Lipinski definition) is 1. The normalized spacial score (nSPS) is 73.9. The first-order valence-electron chi connectivity index (χ1n) is 3.59. The standard InChI is InChI=1S/C7H11N/c8-7-3-4-1-5(7)6(7)2-4/h4-6H,1-3,8H2. The molecule has 0 radical (unpaired) electrons. The highest BCUT2D eigenvalue weighted by atomic mass is 15.0. The topological polar surface area (TPSA) is 26.0 Å². The Morgan fingerprint density at radius 1 is 1.25 bits per heavy atom.